The Morgan fingerprint density at radius 1 is 1.23 bits per heavy atom. The number of fused-ring (bicyclic) bond motifs is 1. The van der Waals surface area contributed by atoms with Gasteiger partial charge in [-0.2, -0.15) is 14.6 Å². The van der Waals surface area contributed by atoms with Crippen LogP contribution in [0, 0.1) is 20.8 Å². The molecule has 1 aliphatic rings. The Morgan fingerprint density at radius 3 is 2.77 bits per heavy atom. The minimum absolute atomic E-state index is 0.0159. The first kappa shape index (κ1) is 16.5. The minimum Gasteiger partial charge on any atom is -0.340 e. The van der Waals surface area contributed by atoms with Crippen LogP contribution in [0.4, 0.5) is 0 Å². The van der Waals surface area contributed by atoms with Gasteiger partial charge >= 0.3 is 0 Å². The van der Waals surface area contributed by atoms with Gasteiger partial charge in [0, 0.05) is 30.5 Å². The lowest BCUT2D eigenvalue weighted by Gasteiger charge is -2.16. The maximum atomic E-state index is 12.6. The molecular formula is C17H21N7O2. The zero-order valence-electron chi connectivity index (χ0n) is 15.1. The molecule has 1 unspecified atom stereocenters. The molecule has 3 aromatic heterocycles. The highest BCUT2D eigenvalue weighted by molar-refractivity contribution is 5.78. The number of carbonyl (C=O) groups excluding carboxylic acids is 1. The lowest BCUT2D eigenvalue weighted by molar-refractivity contribution is -0.129. The third-order valence-corrected chi connectivity index (χ3v) is 4.73. The molecule has 1 amide bonds. The molecule has 4 heterocycles. The number of amides is 1. The molecule has 1 atom stereocenters. The van der Waals surface area contributed by atoms with E-state index < -0.39 is 0 Å². The first-order valence-corrected chi connectivity index (χ1v) is 8.66. The van der Waals surface area contributed by atoms with Gasteiger partial charge in [0.05, 0.1) is 18.2 Å². The fraction of sp³-hybridized carbons (Fsp3) is 0.471. The molecule has 4 rings (SSSR count). The normalized spacial score (nSPS) is 17.3. The molecule has 0 aromatic carbocycles. The van der Waals surface area contributed by atoms with Gasteiger partial charge in [0.1, 0.15) is 5.82 Å². The van der Waals surface area contributed by atoms with E-state index in [2.05, 4.69) is 20.2 Å². The Hall–Kier alpha value is -2.97. The Bertz CT molecular complexity index is 1050. The van der Waals surface area contributed by atoms with Crippen LogP contribution in [-0.2, 0) is 11.2 Å². The predicted octanol–water partition coefficient (Wildman–Crippen LogP) is 0.555. The Kier molecular flexibility index (Phi) is 3.86. The zero-order chi connectivity index (χ0) is 18.4. The van der Waals surface area contributed by atoms with Gasteiger partial charge in [0.15, 0.2) is 0 Å². The highest BCUT2D eigenvalue weighted by atomic mass is 16.2. The van der Waals surface area contributed by atoms with Crippen molar-refractivity contribution < 1.29 is 4.79 Å². The second kappa shape index (κ2) is 6.08. The van der Waals surface area contributed by atoms with Crippen LogP contribution in [0.1, 0.15) is 35.4 Å². The molecule has 0 radical (unpaired) electrons. The van der Waals surface area contributed by atoms with Crippen LogP contribution in [0.25, 0.3) is 5.78 Å². The summed E-state index contributed by atoms with van der Waals surface area (Å²) in [6.45, 7) is 7.08. The molecule has 0 bridgehead atoms. The van der Waals surface area contributed by atoms with E-state index in [1.54, 1.807) is 6.92 Å². The van der Waals surface area contributed by atoms with Gasteiger partial charge in [-0.05, 0) is 33.3 Å². The number of aromatic amines is 1. The number of likely N-dealkylation sites (tertiary alicyclic amines) is 1. The van der Waals surface area contributed by atoms with Gasteiger partial charge < -0.3 is 4.90 Å². The quantitative estimate of drug-likeness (QED) is 0.740. The van der Waals surface area contributed by atoms with E-state index in [1.165, 1.54) is 10.6 Å². The van der Waals surface area contributed by atoms with E-state index in [0.29, 0.717) is 30.4 Å². The van der Waals surface area contributed by atoms with Crippen LogP contribution in [0.5, 0.6) is 0 Å². The topological polar surface area (TPSA) is 101 Å². The number of hydrogen-bond acceptors (Lipinski definition) is 5. The first-order valence-electron chi connectivity index (χ1n) is 8.66. The van der Waals surface area contributed by atoms with Crippen molar-refractivity contribution in [3.63, 3.8) is 0 Å². The van der Waals surface area contributed by atoms with Crippen molar-refractivity contribution in [3.8, 4) is 0 Å². The lowest BCUT2D eigenvalue weighted by Crippen LogP contribution is -2.31. The van der Waals surface area contributed by atoms with Crippen LogP contribution in [0.3, 0.4) is 0 Å². The third kappa shape index (κ3) is 2.89. The summed E-state index contributed by atoms with van der Waals surface area (Å²) in [4.78, 5) is 34.9. The smallest absolute Gasteiger partial charge is 0.274 e. The van der Waals surface area contributed by atoms with Gasteiger partial charge in [-0.3, -0.25) is 19.4 Å². The van der Waals surface area contributed by atoms with Crippen LogP contribution in [0.2, 0.25) is 0 Å². The maximum absolute atomic E-state index is 12.6. The number of nitrogens with one attached hydrogen (secondary N) is 1. The average molecular weight is 355 g/mol. The minimum atomic E-state index is -0.232. The van der Waals surface area contributed by atoms with Crippen molar-refractivity contribution in [1.29, 1.82) is 0 Å². The predicted molar refractivity (Wildman–Crippen MR) is 94.0 cm³/mol. The van der Waals surface area contributed by atoms with Gasteiger partial charge in [-0.1, -0.05) is 0 Å². The van der Waals surface area contributed by atoms with Gasteiger partial charge in [-0.15, -0.1) is 0 Å². The molecule has 0 saturated carbocycles. The van der Waals surface area contributed by atoms with Gasteiger partial charge in [-0.25, -0.2) is 4.98 Å². The molecule has 1 aliphatic heterocycles. The number of H-pyrrole nitrogens is 1. The van der Waals surface area contributed by atoms with Crippen molar-refractivity contribution in [2.45, 2.75) is 39.7 Å². The summed E-state index contributed by atoms with van der Waals surface area (Å²) in [5.74, 6) is 0.720. The molecule has 1 N–H and O–H groups in total. The second-order valence-corrected chi connectivity index (χ2v) is 6.87. The van der Waals surface area contributed by atoms with Crippen LogP contribution in [-0.4, -0.2) is 53.3 Å². The van der Waals surface area contributed by atoms with E-state index >= 15 is 0 Å². The number of nitrogens with zero attached hydrogens (tertiary/aromatic N) is 6. The summed E-state index contributed by atoms with van der Waals surface area (Å²) in [6, 6.07) is 3.68. The molecule has 26 heavy (non-hydrogen) atoms. The fourth-order valence-electron chi connectivity index (χ4n) is 3.55. The summed E-state index contributed by atoms with van der Waals surface area (Å²) in [5, 5.41) is 7.40. The number of aromatic nitrogens is 6. The summed E-state index contributed by atoms with van der Waals surface area (Å²) in [6.07, 6.45) is 1.000. The summed E-state index contributed by atoms with van der Waals surface area (Å²) >= 11 is 0. The lowest BCUT2D eigenvalue weighted by atomic mass is 10.2. The van der Waals surface area contributed by atoms with Gasteiger partial charge in [0.25, 0.3) is 11.3 Å². The molecular weight excluding hydrogens is 334 g/mol. The summed E-state index contributed by atoms with van der Waals surface area (Å²) in [5.41, 5.74) is 2.47. The highest BCUT2D eigenvalue weighted by Crippen LogP contribution is 2.23. The maximum Gasteiger partial charge on any atom is 0.274 e. The van der Waals surface area contributed by atoms with Crippen molar-refractivity contribution in [2.75, 3.05) is 13.1 Å². The monoisotopic (exact) mass is 355 g/mol. The largest absolute Gasteiger partial charge is 0.340 e. The molecule has 3 aromatic rings. The Morgan fingerprint density at radius 2 is 2.04 bits per heavy atom. The van der Waals surface area contributed by atoms with Crippen LogP contribution in [0.15, 0.2) is 16.9 Å². The standard InChI is InChI=1S/C17H21N7O2/c1-10-7-16(26)24-17(18-10)19-14(21-24)8-15(25)22-5-4-13(9-22)23-12(3)6-11(2)20-23/h6-7,13H,4-5,8-9H2,1-3H3,(H,18,19,21). The van der Waals surface area contributed by atoms with Crippen molar-refractivity contribution >= 4 is 11.7 Å². The van der Waals surface area contributed by atoms with E-state index in [1.807, 2.05) is 29.5 Å². The van der Waals surface area contributed by atoms with E-state index in [9.17, 15) is 9.59 Å². The Labute approximate surface area is 149 Å². The number of aryl methyl sites for hydroxylation is 3. The molecule has 0 aliphatic carbocycles. The molecule has 1 fully saturated rings. The molecule has 0 spiro atoms. The van der Waals surface area contributed by atoms with Crippen molar-refractivity contribution in [3.05, 3.63) is 45.4 Å². The van der Waals surface area contributed by atoms with Crippen molar-refractivity contribution in [1.82, 2.24) is 34.3 Å². The third-order valence-electron chi connectivity index (χ3n) is 4.73. The number of hydrogen-bond donors (Lipinski definition) is 1. The number of rotatable bonds is 3. The van der Waals surface area contributed by atoms with Crippen LogP contribution >= 0.6 is 0 Å². The highest BCUT2D eigenvalue weighted by Gasteiger charge is 2.29. The van der Waals surface area contributed by atoms with E-state index in [4.69, 9.17) is 0 Å². The molecule has 9 heteroatoms. The van der Waals surface area contributed by atoms with Crippen LogP contribution < -0.4 is 5.56 Å². The number of carbonyl (C=O) groups is 1. The van der Waals surface area contributed by atoms with E-state index in [-0.39, 0.29) is 23.9 Å². The average Bonchev–Trinajstić information content (AvgIpc) is 3.25. The first-order chi connectivity index (χ1) is 12.4. The van der Waals surface area contributed by atoms with Gasteiger partial charge in [0.2, 0.25) is 5.91 Å². The second-order valence-electron chi connectivity index (χ2n) is 6.87. The SMILES string of the molecule is Cc1cc(=O)n2[nH]c(CC(=O)N3CCC(n4nc(C)cc4C)C3)nc2n1. The molecule has 1 saturated heterocycles. The molecule has 9 nitrogen and oxygen atoms in total. The summed E-state index contributed by atoms with van der Waals surface area (Å²) in [7, 11) is 0. The Balaban J connectivity index is 1.48. The zero-order valence-corrected chi connectivity index (χ0v) is 15.1. The van der Waals surface area contributed by atoms with Crippen molar-refractivity contribution in [2.24, 2.45) is 0 Å². The van der Waals surface area contributed by atoms with E-state index in [0.717, 1.165) is 17.8 Å². The fourth-order valence-corrected chi connectivity index (χ4v) is 3.55. The summed E-state index contributed by atoms with van der Waals surface area (Å²) < 4.78 is 3.27. The molecule has 136 valence electrons.